The molecular weight excluding hydrogens is 348 g/mol. The number of aromatic nitrogens is 1. The standard InChI is InChI=1S/C9H6BrF6NO2/c1-18-6-4(8(11,12)13)3-17-5(2-10)7(6)19-9(14,15)16/h3H,2H2,1H3. The van der Waals surface area contributed by atoms with Crippen molar-refractivity contribution in [2.75, 3.05) is 7.11 Å². The monoisotopic (exact) mass is 353 g/mol. The molecule has 10 heteroatoms. The van der Waals surface area contributed by atoms with E-state index < -0.39 is 29.6 Å². The lowest BCUT2D eigenvalue weighted by molar-refractivity contribution is -0.275. The van der Waals surface area contributed by atoms with Crippen LogP contribution in [0.1, 0.15) is 11.3 Å². The number of alkyl halides is 7. The van der Waals surface area contributed by atoms with Crippen molar-refractivity contribution in [3.05, 3.63) is 17.5 Å². The van der Waals surface area contributed by atoms with E-state index in [1.807, 2.05) is 0 Å². The number of hydrogen-bond donors (Lipinski definition) is 0. The molecule has 0 atom stereocenters. The van der Waals surface area contributed by atoms with Crippen molar-refractivity contribution >= 4 is 15.9 Å². The van der Waals surface area contributed by atoms with Gasteiger partial charge in [-0.05, 0) is 0 Å². The summed E-state index contributed by atoms with van der Waals surface area (Å²) < 4.78 is 82.4. The van der Waals surface area contributed by atoms with Crippen LogP contribution in [0.25, 0.3) is 0 Å². The predicted molar refractivity (Wildman–Crippen MR) is 55.1 cm³/mol. The van der Waals surface area contributed by atoms with Crippen molar-refractivity contribution in [3.63, 3.8) is 0 Å². The molecule has 0 aromatic carbocycles. The third kappa shape index (κ3) is 3.88. The first-order chi connectivity index (χ1) is 8.60. The van der Waals surface area contributed by atoms with Crippen LogP contribution in [0, 0.1) is 0 Å². The maximum atomic E-state index is 12.6. The van der Waals surface area contributed by atoms with Gasteiger partial charge in [-0.15, -0.1) is 13.2 Å². The molecule has 0 aliphatic heterocycles. The van der Waals surface area contributed by atoms with E-state index in [-0.39, 0.29) is 11.0 Å². The Morgan fingerprint density at radius 3 is 2.11 bits per heavy atom. The summed E-state index contributed by atoms with van der Waals surface area (Å²) >= 11 is 2.81. The smallest absolute Gasteiger partial charge is 0.492 e. The number of hydrogen-bond acceptors (Lipinski definition) is 3. The maximum Gasteiger partial charge on any atom is 0.573 e. The summed E-state index contributed by atoms with van der Waals surface area (Å²) in [5.74, 6) is -2.17. The molecule has 0 radical (unpaired) electrons. The number of nitrogens with zero attached hydrogens (tertiary/aromatic N) is 1. The van der Waals surface area contributed by atoms with Crippen LogP contribution in [-0.2, 0) is 11.5 Å². The van der Waals surface area contributed by atoms with Crippen LogP contribution in [0.4, 0.5) is 26.3 Å². The number of methoxy groups -OCH3 is 1. The second-order valence-corrected chi connectivity index (χ2v) is 3.72. The molecule has 0 fully saturated rings. The minimum atomic E-state index is -5.16. The SMILES string of the molecule is COc1c(C(F)(F)F)cnc(CBr)c1OC(F)(F)F. The maximum absolute atomic E-state index is 12.6. The largest absolute Gasteiger partial charge is 0.573 e. The Labute approximate surface area is 111 Å². The van der Waals surface area contributed by atoms with Crippen LogP contribution in [0.2, 0.25) is 0 Å². The number of pyridine rings is 1. The van der Waals surface area contributed by atoms with Gasteiger partial charge in [0.15, 0.2) is 11.5 Å². The zero-order valence-corrected chi connectivity index (χ0v) is 10.8. The van der Waals surface area contributed by atoms with Crippen LogP contribution in [0.15, 0.2) is 6.20 Å². The molecule has 0 bridgehead atoms. The Hall–Kier alpha value is -1.19. The molecule has 108 valence electrons. The van der Waals surface area contributed by atoms with Crippen molar-refractivity contribution in [2.24, 2.45) is 0 Å². The molecule has 3 nitrogen and oxygen atoms in total. The quantitative estimate of drug-likeness (QED) is 0.610. The van der Waals surface area contributed by atoms with Gasteiger partial charge >= 0.3 is 12.5 Å². The van der Waals surface area contributed by atoms with Gasteiger partial charge in [-0.1, -0.05) is 15.9 Å². The van der Waals surface area contributed by atoms with Crippen molar-refractivity contribution in [1.82, 2.24) is 4.98 Å². The van der Waals surface area contributed by atoms with Crippen molar-refractivity contribution in [2.45, 2.75) is 17.9 Å². The fourth-order valence-electron chi connectivity index (χ4n) is 1.23. The molecule has 1 aromatic rings. The zero-order valence-electron chi connectivity index (χ0n) is 9.19. The fourth-order valence-corrected chi connectivity index (χ4v) is 1.63. The minimum absolute atomic E-state index is 0.229. The molecule has 1 rings (SSSR count). The van der Waals surface area contributed by atoms with Crippen molar-refractivity contribution < 1.29 is 35.8 Å². The average molecular weight is 354 g/mol. The van der Waals surface area contributed by atoms with E-state index in [4.69, 9.17) is 0 Å². The van der Waals surface area contributed by atoms with Crippen LogP contribution in [0.3, 0.4) is 0 Å². The van der Waals surface area contributed by atoms with Crippen LogP contribution in [0.5, 0.6) is 11.5 Å². The Balaban J connectivity index is 3.46. The summed E-state index contributed by atoms with van der Waals surface area (Å²) in [6.07, 6.45) is -9.68. The van der Waals surface area contributed by atoms with E-state index in [0.29, 0.717) is 6.20 Å². The first kappa shape index (κ1) is 15.9. The second-order valence-electron chi connectivity index (χ2n) is 3.16. The topological polar surface area (TPSA) is 31.4 Å². The van der Waals surface area contributed by atoms with E-state index >= 15 is 0 Å². The highest BCUT2D eigenvalue weighted by molar-refractivity contribution is 9.08. The van der Waals surface area contributed by atoms with Crippen LogP contribution < -0.4 is 9.47 Å². The van der Waals surface area contributed by atoms with E-state index in [1.165, 1.54) is 0 Å². The van der Waals surface area contributed by atoms with Crippen molar-refractivity contribution in [1.29, 1.82) is 0 Å². The Morgan fingerprint density at radius 2 is 1.74 bits per heavy atom. The molecule has 19 heavy (non-hydrogen) atoms. The molecule has 0 N–H and O–H groups in total. The first-order valence-corrected chi connectivity index (χ1v) is 5.67. The normalized spacial score (nSPS) is 12.4. The summed E-state index contributed by atoms with van der Waals surface area (Å²) in [6.45, 7) is 0. The van der Waals surface area contributed by atoms with Gasteiger partial charge in [0.25, 0.3) is 0 Å². The summed E-state index contributed by atoms with van der Waals surface area (Å²) in [7, 11) is 0.811. The van der Waals surface area contributed by atoms with Gasteiger partial charge in [0.2, 0.25) is 0 Å². The fraction of sp³-hybridized carbons (Fsp3) is 0.444. The minimum Gasteiger partial charge on any atom is -0.492 e. The van der Waals surface area contributed by atoms with Gasteiger partial charge in [-0.25, -0.2) is 0 Å². The Morgan fingerprint density at radius 1 is 1.16 bits per heavy atom. The number of ether oxygens (including phenoxy) is 2. The predicted octanol–water partition coefficient (Wildman–Crippen LogP) is 3.90. The van der Waals surface area contributed by atoms with E-state index in [9.17, 15) is 26.3 Å². The van der Waals surface area contributed by atoms with E-state index in [1.54, 1.807) is 0 Å². The highest BCUT2D eigenvalue weighted by Crippen LogP contribution is 2.44. The summed E-state index contributed by atoms with van der Waals surface area (Å²) in [5.41, 5.74) is -1.80. The lowest BCUT2D eigenvalue weighted by Crippen LogP contribution is -2.20. The van der Waals surface area contributed by atoms with Gasteiger partial charge in [0, 0.05) is 11.5 Å². The summed E-state index contributed by atoms with van der Waals surface area (Å²) in [4.78, 5) is 3.28. The summed E-state index contributed by atoms with van der Waals surface area (Å²) in [5, 5.41) is -0.229. The number of halogens is 7. The van der Waals surface area contributed by atoms with Crippen LogP contribution >= 0.6 is 15.9 Å². The Bertz CT molecular complexity index is 459. The molecular formula is C9H6BrF6NO2. The van der Waals surface area contributed by atoms with Crippen LogP contribution in [-0.4, -0.2) is 18.5 Å². The Kier molecular flexibility index (Phi) is 4.54. The highest BCUT2D eigenvalue weighted by atomic mass is 79.9. The molecule has 0 unspecified atom stereocenters. The zero-order chi connectivity index (χ0) is 14.8. The van der Waals surface area contributed by atoms with Gasteiger partial charge < -0.3 is 9.47 Å². The highest BCUT2D eigenvalue weighted by Gasteiger charge is 2.40. The first-order valence-electron chi connectivity index (χ1n) is 4.55. The molecule has 0 aliphatic rings. The summed E-state index contributed by atoms with van der Waals surface area (Å²) in [6, 6.07) is 0. The third-order valence-electron chi connectivity index (χ3n) is 1.92. The van der Waals surface area contributed by atoms with E-state index in [2.05, 4.69) is 30.4 Å². The third-order valence-corrected chi connectivity index (χ3v) is 2.45. The molecule has 0 amide bonds. The van der Waals surface area contributed by atoms with Gasteiger partial charge in [0.1, 0.15) is 5.56 Å². The average Bonchev–Trinajstić information content (AvgIpc) is 2.25. The van der Waals surface area contributed by atoms with E-state index in [0.717, 1.165) is 7.11 Å². The van der Waals surface area contributed by atoms with Crippen molar-refractivity contribution in [3.8, 4) is 11.5 Å². The molecule has 1 heterocycles. The second kappa shape index (κ2) is 5.43. The number of rotatable bonds is 3. The van der Waals surface area contributed by atoms with Gasteiger partial charge in [-0.3, -0.25) is 4.98 Å². The molecule has 1 aromatic heterocycles. The van der Waals surface area contributed by atoms with Gasteiger partial charge in [0.05, 0.1) is 12.8 Å². The lowest BCUT2D eigenvalue weighted by atomic mass is 10.2. The molecule has 0 saturated carbocycles. The van der Waals surface area contributed by atoms with Gasteiger partial charge in [-0.2, -0.15) is 13.2 Å². The molecule has 0 saturated heterocycles. The lowest BCUT2D eigenvalue weighted by Gasteiger charge is -2.18. The molecule has 0 spiro atoms. The molecule has 0 aliphatic carbocycles.